The average molecular weight is 247 g/mol. The molecule has 1 aromatic rings. The molecule has 0 amide bonds. The van der Waals surface area contributed by atoms with E-state index in [9.17, 15) is 0 Å². The van der Waals surface area contributed by atoms with Crippen LogP contribution in [0.3, 0.4) is 0 Å². The molecule has 100 valence electrons. The Kier molecular flexibility index (Phi) is 4.51. The molecule has 0 aromatic heterocycles. The van der Waals surface area contributed by atoms with E-state index in [0.717, 1.165) is 24.0 Å². The number of hydrogen-bond donors (Lipinski definition) is 1. The predicted molar refractivity (Wildman–Crippen MR) is 77.4 cm³/mol. The number of ether oxygens (including phenoxy) is 1. The second-order valence-corrected chi connectivity index (χ2v) is 5.45. The summed E-state index contributed by atoms with van der Waals surface area (Å²) >= 11 is 0. The highest BCUT2D eigenvalue weighted by Gasteiger charge is 2.21. The molecule has 1 N–H and O–H groups in total. The minimum Gasteiger partial charge on any atom is -0.492 e. The summed E-state index contributed by atoms with van der Waals surface area (Å²) in [7, 11) is 0. The van der Waals surface area contributed by atoms with Gasteiger partial charge in [-0.2, -0.15) is 0 Å². The van der Waals surface area contributed by atoms with Gasteiger partial charge < -0.3 is 10.1 Å². The smallest absolute Gasteiger partial charge is 0.142 e. The van der Waals surface area contributed by atoms with Crippen molar-refractivity contribution in [3.8, 4) is 5.75 Å². The van der Waals surface area contributed by atoms with E-state index in [-0.39, 0.29) is 0 Å². The number of aryl methyl sites for hydroxylation is 1. The molecule has 0 bridgehead atoms. The number of rotatable bonds is 4. The van der Waals surface area contributed by atoms with E-state index in [4.69, 9.17) is 4.74 Å². The third kappa shape index (κ3) is 3.18. The van der Waals surface area contributed by atoms with Gasteiger partial charge in [-0.3, -0.25) is 0 Å². The molecule has 2 rings (SSSR count). The molecule has 0 radical (unpaired) electrons. The maximum Gasteiger partial charge on any atom is 0.142 e. The fourth-order valence-corrected chi connectivity index (χ4v) is 2.75. The molecular weight excluding hydrogens is 222 g/mol. The Morgan fingerprint density at radius 3 is 2.78 bits per heavy atom. The van der Waals surface area contributed by atoms with Gasteiger partial charge in [-0.15, -0.1) is 0 Å². The zero-order valence-electron chi connectivity index (χ0n) is 11.8. The van der Waals surface area contributed by atoms with Gasteiger partial charge in [0.25, 0.3) is 0 Å². The van der Waals surface area contributed by atoms with Crippen molar-refractivity contribution in [2.45, 2.75) is 52.5 Å². The Bertz CT molecular complexity index is 389. The molecule has 18 heavy (non-hydrogen) atoms. The van der Waals surface area contributed by atoms with Crippen molar-refractivity contribution in [1.29, 1.82) is 0 Å². The average Bonchev–Trinajstić information content (AvgIpc) is 2.35. The number of nitrogens with one attached hydrogen (secondary N) is 1. The second-order valence-electron chi connectivity index (χ2n) is 5.45. The van der Waals surface area contributed by atoms with Crippen molar-refractivity contribution in [2.75, 3.05) is 11.9 Å². The van der Waals surface area contributed by atoms with Crippen molar-refractivity contribution in [1.82, 2.24) is 0 Å². The lowest BCUT2D eigenvalue weighted by molar-refractivity contribution is 0.333. The first-order valence-electron chi connectivity index (χ1n) is 7.20. The van der Waals surface area contributed by atoms with Crippen LogP contribution in [-0.2, 0) is 0 Å². The Morgan fingerprint density at radius 1 is 1.28 bits per heavy atom. The Labute approximate surface area is 111 Å². The van der Waals surface area contributed by atoms with Crippen molar-refractivity contribution >= 4 is 5.69 Å². The summed E-state index contributed by atoms with van der Waals surface area (Å²) in [6.07, 6.45) is 5.34. The third-order valence-electron chi connectivity index (χ3n) is 3.89. The normalized spacial score (nSPS) is 23.7. The molecule has 0 aliphatic heterocycles. The van der Waals surface area contributed by atoms with Crippen LogP contribution in [0.4, 0.5) is 5.69 Å². The maximum atomic E-state index is 5.73. The van der Waals surface area contributed by atoms with Crippen molar-refractivity contribution < 1.29 is 4.74 Å². The molecule has 0 spiro atoms. The van der Waals surface area contributed by atoms with Gasteiger partial charge >= 0.3 is 0 Å². The van der Waals surface area contributed by atoms with E-state index in [1.165, 1.54) is 31.2 Å². The molecule has 1 aromatic carbocycles. The van der Waals surface area contributed by atoms with Gasteiger partial charge in [-0.1, -0.05) is 25.8 Å². The van der Waals surface area contributed by atoms with Crippen LogP contribution in [0, 0.1) is 12.8 Å². The first-order valence-corrected chi connectivity index (χ1v) is 7.20. The Morgan fingerprint density at radius 2 is 2.06 bits per heavy atom. The topological polar surface area (TPSA) is 21.3 Å². The Hall–Kier alpha value is -1.18. The van der Waals surface area contributed by atoms with Gasteiger partial charge in [-0.25, -0.2) is 0 Å². The number of benzene rings is 1. The molecule has 2 atom stereocenters. The molecular formula is C16H25NO. The summed E-state index contributed by atoms with van der Waals surface area (Å²) in [5, 5.41) is 3.69. The highest BCUT2D eigenvalue weighted by Crippen LogP contribution is 2.31. The van der Waals surface area contributed by atoms with Gasteiger partial charge in [0, 0.05) is 6.04 Å². The summed E-state index contributed by atoms with van der Waals surface area (Å²) in [6.45, 7) is 7.22. The van der Waals surface area contributed by atoms with Crippen LogP contribution in [0.2, 0.25) is 0 Å². The largest absolute Gasteiger partial charge is 0.492 e. The van der Waals surface area contributed by atoms with Crippen LogP contribution >= 0.6 is 0 Å². The molecule has 2 heteroatoms. The molecule has 1 saturated carbocycles. The zero-order valence-corrected chi connectivity index (χ0v) is 11.8. The van der Waals surface area contributed by atoms with Crippen LogP contribution in [0.25, 0.3) is 0 Å². The lowest BCUT2D eigenvalue weighted by Gasteiger charge is -2.31. The summed E-state index contributed by atoms with van der Waals surface area (Å²) in [4.78, 5) is 0. The molecule has 1 fully saturated rings. The third-order valence-corrected chi connectivity index (χ3v) is 3.89. The first-order chi connectivity index (χ1) is 8.70. The van der Waals surface area contributed by atoms with E-state index in [0.29, 0.717) is 6.04 Å². The van der Waals surface area contributed by atoms with E-state index >= 15 is 0 Å². The van der Waals surface area contributed by atoms with Crippen LogP contribution in [0.1, 0.15) is 45.1 Å². The SMILES string of the molecule is CCOc1cc(C)ccc1NC1CCCCC1C. The van der Waals surface area contributed by atoms with Crippen molar-refractivity contribution in [3.05, 3.63) is 23.8 Å². The molecule has 0 saturated heterocycles. The first kappa shape index (κ1) is 13.3. The predicted octanol–water partition coefficient (Wildman–Crippen LogP) is 4.38. The summed E-state index contributed by atoms with van der Waals surface area (Å²) < 4.78 is 5.73. The standard InChI is InChI=1S/C16H25NO/c1-4-18-16-11-12(2)9-10-15(16)17-14-8-6-5-7-13(14)3/h9-11,13-14,17H,4-8H2,1-3H3. The minimum absolute atomic E-state index is 0.598. The van der Waals surface area contributed by atoms with E-state index < -0.39 is 0 Å². The van der Waals surface area contributed by atoms with E-state index in [2.05, 4.69) is 37.4 Å². The monoisotopic (exact) mass is 247 g/mol. The van der Waals surface area contributed by atoms with E-state index in [1.54, 1.807) is 0 Å². The molecule has 1 aliphatic carbocycles. The van der Waals surface area contributed by atoms with Crippen LogP contribution in [0.15, 0.2) is 18.2 Å². The van der Waals surface area contributed by atoms with Crippen molar-refractivity contribution in [2.24, 2.45) is 5.92 Å². The highest BCUT2D eigenvalue weighted by molar-refractivity contribution is 5.58. The lowest BCUT2D eigenvalue weighted by Crippen LogP contribution is -2.30. The van der Waals surface area contributed by atoms with Gasteiger partial charge in [0.05, 0.1) is 12.3 Å². The molecule has 0 heterocycles. The summed E-state index contributed by atoms with van der Waals surface area (Å²) in [5.74, 6) is 1.75. The van der Waals surface area contributed by atoms with Gasteiger partial charge in [0.2, 0.25) is 0 Å². The van der Waals surface area contributed by atoms with Gasteiger partial charge in [0.15, 0.2) is 0 Å². The fourth-order valence-electron chi connectivity index (χ4n) is 2.75. The number of hydrogen-bond acceptors (Lipinski definition) is 2. The lowest BCUT2D eigenvalue weighted by atomic mass is 9.86. The number of anilines is 1. The van der Waals surface area contributed by atoms with Gasteiger partial charge in [0.1, 0.15) is 5.75 Å². The molecule has 2 nitrogen and oxygen atoms in total. The van der Waals surface area contributed by atoms with Crippen LogP contribution < -0.4 is 10.1 Å². The molecule has 2 unspecified atom stereocenters. The minimum atomic E-state index is 0.598. The highest BCUT2D eigenvalue weighted by atomic mass is 16.5. The van der Waals surface area contributed by atoms with Gasteiger partial charge in [-0.05, 0) is 50.3 Å². The van der Waals surface area contributed by atoms with Crippen LogP contribution in [-0.4, -0.2) is 12.6 Å². The maximum absolute atomic E-state index is 5.73. The fraction of sp³-hybridized carbons (Fsp3) is 0.625. The van der Waals surface area contributed by atoms with Crippen molar-refractivity contribution in [3.63, 3.8) is 0 Å². The Balaban J connectivity index is 2.11. The molecule has 1 aliphatic rings. The van der Waals surface area contributed by atoms with Crippen LogP contribution in [0.5, 0.6) is 5.75 Å². The summed E-state index contributed by atoms with van der Waals surface area (Å²) in [5.41, 5.74) is 2.40. The second kappa shape index (κ2) is 6.12. The van der Waals surface area contributed by atoms with E-state index in [1.807, 2.05) is 6.92 Å². The quantitative estimate of drug-likeness (QED) is 0.852. The zero-order chi connectivity index (χ0) is 13.0. The summed E-state index contributed by atoms with van der Waals surface area (Å²) in [6, 6.07) is 7.03.